The number of thioether (sulfide) groups is 1. The summed E-state index contributed by atoms with van der Waals surface area (Å²) in [5.41, 5.74) is -1.57. The van der Waals surface area contributed by atoms with Gasteiger partial charge < -0.3 is 9.47 Å². The molecule has 5 nitrogen and oxygen atoms in total. The standard InChI is InChI=1S/C23H15F5N2O3S/c1-32-15-6-4-14(5-7-15)20(31)12-34-21-17(11-29)18(23(26,27)28)10-19(30-21)13-2-8-16(9-3-13)33-22(24)25/h2-10,22H,12H2,1H3. The Kier molecular flexibility index (Phi) is 7.73. The molecule has 11 heteroatoms. The quantitative estimate of drug-likeness (QED) is 0.210. The fourth-order valence-electron chi connectivity index (χ4n) is 2.91. The van der Waals surface area contributed by atoms with Gasteiger partial charge in [0.1, 0.15) is 22.6 Å². The molecule has 0 aliphatic heterocycles. The van der Waals surface area contributed by atoms with Crippen molar-refractivity contribution in [3.63, 3.8) is 0 Å². The summed E-state index contributed by atoms with van der Waals surface area (Å²) in [5, 5.41) is 9.12. The van der Waals surface area contributed by atoms with Crippen LogP contribution in [0.4, 0.5) is 22.0 Å². The van der Waals surface area contributed by atoms with Crippen LogP contribution in [0.1, 0.15) is 21.5 Å². The number of ether oxygens (including phenoxy) is 2. The van der Waals surface area contributed by atoms with Crippen LogP contribution in [0, 0.1) is 11.3 Å². The second-order valence-electron chi connectivity index (χ2n) is 6.69. The van der Waals surface area contributed by atoms with Gasteiger partial charge in [0.25, 0.3) is 0 Å². The fourth-order valence-corrected chi connectivity index (χ4v) is 3.80. The molecule has 0 amide bonds. The number of alkyl halides is 5. The first-order chi connectivity index (χ1) is 16.1. The molecule has 0 bridgehead atoms. The molecule has 0 N–H and O–H groups in total. The maximum atomic E-state index is 13.7. The topological polar surface area (TPSA) is 72.2 Å². The third kappa shape index (κ3) is 6.02. The lowest BCUT2D eigenvalue weighted by molar-refractivity contribution is -0.138. The highest BCUT2D eigenvalue weighted by Crippen LogP contribution is 2.38. The van der Waals surface area contributed by atoms with E-state index in [0.717, 1.165) is 12.1 Å². The third-order valence-electron chi connectivity index (χ3n) is 4.53. The van der Waals surface area contributed by atoms with E-state index in [2.05, 4.69) is 9.72 Å². The van der Waals surface area contributed by atoms with Gasteiger partial charge in [-0.2, -0.15) is 27.2 Å². The molecule has 3 rings (SSSR count). The molecule has 0 aliphatic rings. The van der Waals surface area contributed by atoms with Gasteiger partial charge in [-0.15, -0.1) is 0 Å². The van der Waals surface area contributed by atoms with Crippen LogP contribution in [0.2, 0.25) is 0 Å². The van der Waals surface area contributed by atoms with Crippen LogP contribution in [-0.2, 0) is 6.18 Å². The number of halogens is 5. The van der Waals surface area contributed by atoms with Gasteiger partial charge in [0.05, 0.1) is 29.7 Å². The first-order valence-corrected chi connectivity index (χ1v) is 10.5. The number of nitriles is 1. The van der Waals surface area contributed by atoms with E-state index in [0.29, 0.717) is 29.1 Å². The van der Waals surface area contributed by atoms with Crippen LogP contribution in [0.3, 0.4) is 0 Å². The van der Waals surface area contributed by atoms with E-state index < -0.39 is 23.9 Å². The molecule has 1 aromatic heterocycles. The van der Waals surface area contributed by atoms with Crippen LogP contribution < -0.4 is 9.47 Å². The number of hydrogen-bond acceptors (Lipinski definition) is 6. The van der Waals surface area contributed by atoms with Crippen molar-refractivity contribution in [3.8, 4) is 28.8 Å². The minimum Gasteiger partial charge on any atom is -0.497 e. The Hall–Kier alpha value is -3.65. The second kappa shape index (κ2) is 10.5. The zero-order valence-electron chi connectivity index (χ0n) is 17.4. The van der Waals surface area contributed by atoms with Gasteiger partial charge in [-0.05, 0) is 54.6 Å². The number of pyridine rings is 1. The number of benzene rings is 2. The maximum absolute atomic E-state index is 13.7. The molecule has 0 saturated heterocycles. The number of rotatable bonds is 8. The molecule has 0 aliphatic carbocycles. The SMILES string of the molecule is COc1ccc(C(=O)CSc2nc(-c3ccc(OC(F)F)cc3)cc(C(F)(F)F)c2C#N)cc1. The lowest BCUT2D eigenvalue weighted by Gasteiger charge is -2.14. The average Bonchev–Trinajstić information content (AvgIpc) is 2.81. The van der Waals surface area contributed by atoms with Crippen LogP contribution in [0.5, 0.6) is 11.5 Å². The Balaban J connectivity index is 1.95. The van der Waals surface area contributed by atoms with E-state index in [1.54, 1.807) is 12.1 Å². The van der Waals surface area contributed by atoms with Gasteiger partial charge in [-0.1, -0.05) is 11.8 Å². The number of methoxy groups -OCH3 is 1. The summed E-state index contributed by atoms with van der Waals surface area (Å²) in [6.07, 6.45) is -4.86. The summed E-state index contributed by atoms with van der Waals surface area (Å²) >= 11 is 0.697. The highest BCUT2D eigenvalue weighted by atomic mass is 32.2. The number of nitrogens with zero attached hydrogens (tertiary/aromatic N) is 2. The van der Waals surface area contributed by atoms with E-state index in [4.69, 9.17) is 4.74 Å². The van der Waals surface area contributed by atoms with Crippen molar-refractivity contribution in [1.29, 1.82) is 5.26 Å². The highest BCUT2D eigenvalue weighted by molar-refractivity contribution is 8.00. The molecule has 3 aromatic rings. The Bertz CT molecular complexity index is 1210. The highest BCUT2D eigenvalue weighted by Gasteiger charge is 2.36. The molecule has 0 radical (unpaired) electrons. The second-order valence-corrected chi connectivity index (χ2v) is 7.65. The van der Waals surface area contributed by atoms with Gasteiger partial charge in [-0.3, -0.25) is 4.79 Å². The molecular weight excluding hydrogens is 479 g/mol. The number of Topliss-reactive ketones (excluding diaryl/α,β-unsaturated/α-hetero) is 1. The molecule has 176 valence electrons. The molecule has 0 spiro atoms. The van der Waals surface area contributed by atoms with Gasteiger partial charge in [-0.25, -0.2) is 4.98 Å². The molecule has 0 atom stereocenters. The van der Waals surface area contributed by atoms with Crippen LogP contribution in [-0.4, -0.2) is 30.2 Å². The number of ketones is 1. The largest absolute Gasteiger partial charge is 0.497 e. The molecule has 34 heavy (non-hydrogen) atoms. The first kappa shape index (κ1) is 25.0. The zero-order chi connectivity index (χ0) is 24.9. The zero-order valence-corrected chi connectivity index (χ0v) is 18.2. The number of aromatic nitrogens is 1. The van der Waals surface area contributed by atoms with Crippen LogP contribution in [0.25, 0.3) is 11.3 Å². The predicted molar refractivity (Wildman–Crippen MR) is 114 cm³/mol. The lowest BCUT2D eigenvalue weighted by atomic mass is 10.1. The Morgan fingerprint density at radius 3 is 2.24 bits per heavy atom. The predicted octanol–water partition coefficient (Wildman–Crippen LogP) is 6.22. The Morgan fingerprint density at radius 1 is 1.09 bits per heavy atom. The summed E-state index contributed by atoms with van der Waals surface area (Å²) in [7, 11) is 1.46. The van der Waals surface area contributed by atoms with Crippen LogP contribution >= 0.6 is 11.8 Å². The van der Waals surface area contributed by atoms with Crippen molar-refractivity contribution in [3.05, 3.63) is 71.3 Å². The maximum Gasteiger partial charge on any atom is 0.417 e. The molecule has 1 heterocycles. The van der Waals surface area contributed by atoms with Crippen molar-refractivity contribution < 1.29 is 36.2 Å². The van der Waals surface area contributed by atoms with Crippen molar-refractivity contribution in [2.45, 2.75) is 17.8 Å². The smallest absolute Gasteiger partial charge is 0.417 e. The number of carbonyl (C=O) groups is 1. The van der Waals surface area contributed by atoms with Gasteiger partial charge >= 0.3 is 12.8 Å². The van der Waals surface area contributed by atoms with E-state index in [9.17, 15) is 32.0 Å². The first-order valence-electron chi connectivity index (χ1n) is 9.50. The monoisotopic (exact) mass is 494 g/mol. The Morgan fingerprint density at radius 2 is 1.71 bits per heavy atom. The summed E-state index contributed by atoms with van der Waals surface area (Å²) in [6, 6.07) is 13.3. The minimum atomic E-state index is -4.86. The van der Waals surface area contributed by atoms with Gasteiger partial charge in [0.2, 0.25) is 0 Å². The van der Waals surface area contributed by atoms with Crippen LogP contribution in [0.15, 0.2) is 59.6 Å². The summed E-state index contributed by atoms with van der Waals surface area (Å²) in [6.45, 7) is -3.05. The van der Waals surface area contributed by atoms with Gasteiger partial charge in [0, 0.05) is 11.1 Å². The van der Waals surface area contributed by atoms with E-state index in [1.165, 1.54) is 37.4 Å². The fraction of sp³-hybridized carbons (Fsp3) is 0.174. The van der Waals surface area contributed by atoms with Crippen molar-refractivity contribution in [2.24, 2.45) is 0 Å². The molecule has 0 fully saturated rings. The molecule has 2 aromatic carbocycles. The van der Waals surface area contributed by atoms with Crippen molar-refractivity contribution >= 4 is 17.5 Å². The molecule has 0 unspecified atom stereocenters. The van der Waals surface area contributed by atoms with E-state index in [1.807, 2.05) is 0 Å². The summed E-state index contributed by atoms with van der Waals surface area (Å²) in [5.74, 6) is -0.297. The minimum absolute atomic E-state index is 0.144. The van der Waals surface area contributed by atoms with E-state index >= 15 is 0 Å². The average molecular weight is 494 g/mol. The lowest BCUT2D eigenvalue weighted by Crippen LogP contribution is -2.11. The summed E-state index contributed by atoms with van der Waals surface area (Å²) in [4.78, 5) is 16.7. The normalized spacial score (nSPS) is 11.2. The number of carbonyl (C=O) groups excluding carboxylic acids is 1. The van der Waals surface area contributed by atoms with Crippen molar-refractivity contribution in [2.75, 3.05) is 12.9 Å². The molecule has 0 saturated carbocycles. The van der Waals surface area contributed by atoms with E-state index in [-0.39, 0.29) is 33.6 Å². The van der Waals surface area contributed by atoms with Gasteiger partial charge in [0.15, 0.2) is 5.78 Å². The molecular formula is C23H15F5N2O3S. The third-order valence-corrected chi connectivity index (χ3v) is 5.51. The number of hydrogen-bond donors (Lipinski definition) is 0. The van der Waals surface area contributed by atoms with Crippen molar-refractivity contribution in [1.82, 2.24) is 4.98 Å². The summed E-state index contributed by atoms with van der Waals surface area (Å²) < 4.78 is 75.0. The Labute approximate surface area is 195 Å².